The van der Waals surface area contributed by atoms with E-state index >= 15 is 0 Å². The lowest BCUT2D eigenvalue weighted by Crippen LogP contribution is -2.04. The first kappa shape index (κ1) is 19.4. The highest BCUT2D eigenvalue weighted by molar-refractivity contribution is 5.69. The van der Waals surface area contributed by atoms with Gasteiger partial charge < -0.3 is 9.47 Å². The number of hydrogen-bond donors (Lipinski definition) is 0. The Hall–Kier alpha value is -2.90. The number of nitrogens with zero attached hydrogens (tertiary/aromatic N) is 3. The first-order valence-electron chi connectivity index (χ1n) is 8.66. The molecular formula is C18H23N3O5. The van der Waals surface area contributed by atoms with Crippen molar-refractivity contribution < 1.29 is 19.2 Å². The van der Waals surface area contributed by atoms with Crippen LogP contribution in [0, 0.1) is 10.1 Å². The van der Waals surface area contributed by atoms with E-state index < -0.39 is 4.92 Å². The van der Waals surface area contributed by atoms with Crippen LogP contribution in [0.1, 0.15) is 38.7 Å². The number of aromatic nitrogens is 2. The van der Waals surface area contributed by atoms with Gasteiger partial charge in [-0.3, -0.25) is 19.6 Å². The predicted octanol–water partition coefficient (Wildman–Crippen LogP) is 3.88. The average molecular weight is 361 g/mol. The van der Waals surface area contributed by atoms with Crippen molar-refractivity contribution >= 4 is 11.7 Å². The van der Waals surface area contributed by atoms with E-state index in [1.54, 1.807) is 36.1 Å². The van der Waals surface area contributed by atoms with Crippen molar-refractivity contribution in [1.82, 2.24) is 9.78 Å². The quantitative estimate of drug-likeness (QED) is 0.362. The van der Waals surface area contributed by atoms with Gasteiger partial charge in [0.2, 0.25) is 0 Å². The number of aryl methyl sites for hydroxylation is 2. The minimum absolute atomic E-state index is 0.0210. The van der Waals surface area contributed by atoms with E-state index in [1.807, 2.05) is 6.92 Å². The molecule has 1 aromatic heterocycles. The van der Waals surface area contributed by atoms with Gasteiger partial charge in [0.15, 0.2) is 5.75 Å². The molecule has 8 heteroatoms. The van der Waals surface area contributed by atoms with E-state index in [-0.39, 0.29) is 18.1 Å². The fraction of sp³-hybridized carbons (Fsp3) is 0.444. The van der Waals surface area contributed by atoms with Crippen LogP contribution in [-0.4, -0.2) is 27.3 Å². The van der Waals surface area contributed by atoms with E-state index in [0.29, 0.717) is 36.5 Å². The summed E-state index contributed by atoms with van der Waals surface area (Å²) in [7, 11) is 0. The van der Waals surface area contributed by atoms with Crippen LogP contribution < -0.4 is 4.74 Å². The number of carbonyl (C=O) groups excluding carboxylic acids is 1. The molecule has 0 fully saturated rings. The topological polar surface area (TPSA) is 96.5 Å². The summed E-state index contributed by atoms with van der Waals surface area (Å²) in [5.74, 6) is 0.615. The van der Waals surface area contributed by atoms with Crippen molar-refractivity contribution in [1.29, 1.82) is 0 Å². The molecule has 0 spiro atoms. The van der Waals surface area contributed by atoms with Gasteiger partial charge >= 0.3 is 5.97 Å². The van der Waals surface area contributed by atoms with E-state index in [4.69, 9.17) is 9.47 Å². The average Bonchev–Trinajstić information content (AvgIpc) is 3.03. The van der Waals surface area contributed by atoms with Gasteiger partial charge in [0, 0.05) is 18.5 Å². The molecule has 0 aliphatic carbocycles. The molecule has 0 saturated carbocycles. The molecule has 26 heavy (non-hydrogen) atoms. The highest BCUT2D eigenvalue weighted by atomic mass is 16.6. The summed E-state index contributed by atoms with van der Waals surface area (Å²) in [4.78, 5) is 22.3. The third-order valence-electron chi connectivity index (χ3n) is 3.68. The molecule has 1 heterocycles. The first-order valence-corrected chi connectivity index (χ1v) is 8.66. The Morgan fingerprint density at radius 2 is 2.12 bits per heavy atom. The monoisotopic (exact) mass is 361 g/mol. The van der Waals surface area contributed by atoms with E-state index in [9.17, 15) is 14.9 Å². The molecule has 0 amide bonds. The number of esters is 1. The Kier molecular flexibility index (Phi) is 7.13. The van der Waals surface area contributed by atoms with Gasteiger partial charge in [-0.25, -0.2) is 0 Å². The van der Waals surface area contributed by atoms with E-state index in [0.717, 1.165) is 13.0 Å². The van der Waals surface area contributed by atoms with E-state index in [2.05, 4.69) is 5.10 Å². The second-order valence-electron chi connectivity index (χ2n) is 5.75. The minimum atomic E-state index is -0.437. The SMILES string of the molecule is CCCn1cc(Oc2ccc(CCCC(=O)OCC)c([N+](=O)[O-])c2)cn1. The van der Waals surface area contributed by atoms with E-state index in [1.165, 1.54) is 6.07 Å². The highest BCUT2D eigenvalue weighted by Gasteiger charge is 2.16. The zero-order valence-corrected chi connectivity index (χ0v) is 15.0. The molecule has 1 aromatic carbocycles. The Bertz CT molecular complexity index is 757. The predicted molar refractivity (Wildman–Crippen MR) is 95.3 cm³/mol. The normalized spacial score (nSPS) is 10.5. The molecule has 2 rings (SSSR count). The van der Waals surface area contributed by atoms with Crippen molar-refractivity contribution in [3.05, 3.63) is 46.3 Å². The molecular weight excluding hydrogens is 338 g/mol. The fourth-order valence-corrected chi connectivity index (χ4v) is 2.53. The van der Waals surface area contributed by atoms with Crippen LogP contribution in [0.15, 0.2) is 30.6 Å². The third kappa shape index (κ3) is 5.58. The number of hydrogen-bond acceptors (Lipinski definition) is 6. The summed E-state index contributed by atoms with van der Waals surface area (Å²) < 4.78 is 12.3. The van der Waals surface area contributed by atoms with Crippen LogP contribution >= 0.6 is 0 Å². The standard InChI is InChI=1S/C18H23N3O5/c1-3-10-20-13-16(12-19-20)26-15-9-8-14(17(11-15)21(23)24)6-5-7-18(22)25-4-2/h8-9,11-13H,3-7,10H2,1-2H3. The summed E-state index contributed by atoms with van der Waals surface area (Å²) in [6.07, 6.45) is 5.43. The van der Waals surface area contributed by atoms with Crippen LogP contribution in [0.5, 0.6) is 11.5 Å². The first-order chi connectivity index (χ1) is 12.5. The maximum Gasteiger partial charge on any atom is 0.305 e. The molecule has 2 aromatic rings. The maximum absolute atomic E-state index is 11.4. The van der Waals surface area contributed by atoms with Crippen LogP contribution in [0.3, 0.4) is 0 Å². The molecule has 0 atom stereocenters. The van der Waals surface area contributed by atoms with Gasteiger partial charge in [0.1, 0.15) is 5.75 Å². The van der Waals surface area contributed by atoms with Crippen molar-refractivity contribution in [2.24, 2.45) is 0 Å². The highest BCUT2D eigenvalue weighted by Crippen LogP contribution is 2.29. The number of ether oxygens (including phenoxy) is 2. The smallest absolute Gasteiger partial charge is 0.305 e. The summed E-state index contributed by atoms with van der Waals surface area (Å²) in [5, 5.41) is 15.5. The van der Waals surface area contributed by atoms with Crippen molar-refractivity contribution in [3.8, 4) is 11.5 Å². The molecule has 0 radical (unpaired) electrons. The number of carbonyl (C=O) groups is 1. The summed E-state index contributed by atoms with van der Waals surface area (Å²) >= 11 is 0. The van der Waals surface area contributed by atoms with Crippen LogP contribution in [-0.2, 0) is 22.5 Å². The molecule has 0 N–H and O–H groups in total. The third-order valence-corrected chi connectivity index (χ3v) is 3.68. The summed E-state index contributed by atoms with van der Waals surface area (Å²) in [5.41, 5.74) is 0.542. The zero-order chi connectivity index (χ0) is 18.9. The Morgan fingerprint density at radius 1 is 1.31 bits per heavy atom. The van der Waals surface area contributed by atoms with Gasteiger partial charge in [0.05, 0.1) is 30.0 Å². The summed E-state index contributed by atoms with van der Waals surface area (Å²) in [6, 6.07) is 4.75. The van der Waals surface area contributed by atoms with Crippen LogP contribution in [0.25, 0.3) is 0 Å². The summed E-state index contributed by atoms with van der Waals surface area (Å²) in [6.45, 7) is 4.91. The lowest BCUT2D eigenvalue weighted by Gasteiger charge is -2.07. The van der Waals surface area contributed by atoms with Crippen LogP contribution in [0.4, 0.5) is 5.69 Å². The van der Waals surface area contributed by atoms with Crippen molar-refractivity contribution in [3.63, 3.8) is 0 Å². The van der Waals surface area contributed by atoms with Gasteiger partial charge in [-0.2, -0.15) is 5.10 Å². The lowest BCUT2D eigenvalue weighted by atomic mass is 10.1. The number of benzene rings is 1. The molecule has 0 bridgehead atoms. The Morgan fingerprint density at radius 3 is 2.81 bits per heavy atom. The number of rotatable bonds is 10. The van der Waals surface area contributed by atoms with Crippen LogP contribution in [0.2, 0.25) is 0 Å². The maximum atomic E-state index is 11.4. The largest absolute Gasteiger partial charge is 0.466 e. The number of nitro groups is 1. The van der Waals surface area contributed by atoms with Gasteiger partial charge in [-0.15, -0.1) is 0 Å². The lowest BCUT2D eigenvalue weighted by molar-refractivity contribution is -0.385. The molecule has 8 nitrogen and oxygen atoms in total. The minimum Gasteiger partial charge on any atom is -0.466 e. The van der Waals surface area contributed by atoms with Crippen molar-refractivity contribution in [2.75, 3.05) is 6.61 Å². The molecule has 0 aliphatic rings. The molecule has 0 unspecified atom stereocenters. The Balaban J connectivity index is 2.04. The number of nitro benzene ring substituents is 1. The fourth-order valence-electron chi connectivity index (χ4n) is 2.53. The van der Waals surface area contributed by atoms with Gasteiger partial charge in [-0.1, -0.05) is 6.92 Å². The zero-order valence-electron chi connectivity index (χ0n) is 15.0. The molecule has 0 saturated heterocycles. The van der Waals surface area contributed by atoms with Crippen molar-refractivity contribution in [2.45, 2.75) is 46.1 Å². The molecule has 140 valence electrons. The second kappa shape index (κ2) is 9.55. The van der Waals surface area contributed by atoms with Gasteiger partial charge in [-0.05, 0) is 38.3 Å². The Labute approximate surface area is 151 Å². The molecule has 0 aliphatic heterocycles. The second-order valence-corrected chi connectivity index (χ2v) is 5.75. The van der Waals surface area contributed by atoms with Gasteiger partial charge in [0.25, 0.3) is 5.69 Å².